The molecule has 32 heavy (non-hydrogen) atoms. The van der Waals surface area contributed by atoms with Crippen LogP contribution in [0.2, 0.25) is 0 Å². The number of amides is 2. The molecule has 0 atom stereocenters. The van der Waals surface area contributed by atoms with Gasteiger partial charge in [0.25, 0.3) is 11.5 Å². The minimum Gasteiger partial charge on any atom is -0.379 e. The first-order valence-corrected chi connectivity index (χ1v) is 11.1. The standard InChI is InChI=1S/C24H30N4O4/c1-19-4-2-5-20(16-19)17-28-7-3-6-21(24(28)31)23(30)27-10-8-26(9-11-27)22(29)18-25-12-14-32-15-13-25/h2-7,16H,8-15,17-18H2,1H3. The molecule has 1 aromatic heterocycles. The smallest absolute Gasteiger partial charge is 0.263 e. The number of aromatic nitrogens is 1. The molecule has 1 aromatic carbocycles. The molecule has 2 fully saturated rings. The summed E-state index contributed by atoms with van der Waals surface area (Å²) in [6.45, 7) is 7.52. The van der Waals surface area contributed by atoms with Gasteiger partial charge in [-0.05, 0) is 24.6 Å². The quantitative estimate of drug-likeness (QED) is 0.691. The summed E-state index contributed by atoms with van der Waals surface area (Å²) in [6.07, 6.45) is 1.71. The van der Waals surface area contributed by atoms with Crippen molar-refractivity contribution in [2.75, 3.05) is 59.0 Å². The Hall–Kier alpha value is -2.97. The lowest BCUT2D eigenvalue weighted by Crippen LogP contribution is -2.54. The average molecular weight is 439 g/mol. The Morgan fingerprint density at radius 2 is 1.66 bits per heavy atom. The third-order valence-corrected chi connectivity index (χ3v) is 6.07. The normalized spacial score (nSPS) is 17.4. The number of carbonyl (C=O) groups excluding carboxylic acids is 2. The fourth-order valence-corrected chi connectivity index (χ4v) is 4.21. The highest BCUT2D eigenvalue weighted by atomic mass is 16.5. The highest BCUT2D eigenvalue weighted by Gasteiger charge is 2.27. The Bertz CT molecular complexity index is 1020. The molecule has 8 nitrogen and oxygen atoms in total. The van der Waals surface area contributed by atoms with Crippen LogP contribution in [0.15, 0.2) is 47.4 Å². The first kappa shape index (κ1) is 22.2. The predicted octanol–water partition coefficient (Wildman–Crippen LogP) is 0.822. The third kappa shape index (κ3) is 5.26. The van der Waals surface area contributed by atoms with Crippen LogP contribution in [-0.2, 0) is 16.1 Å². The van der Waals surface area contributed by atoms with Crippen LogP contribution in [0.1, 0.15) is 21.5 Å². The number of rotatable bonds is 5. The summed E-state index contributed by atoms with van der Waals surface area (Å²) in [5, 5.41) is 0. The second-order valence-electron chi connectivity index (χ2n) is 8.41. The highest BCUT2D eigenvalue weighted by Crippen LogP contribution is 2.09. The molecule has 4 rings (SSSR count). The van der Waals surface area contributed by atoms with Crippen LogP contribution in [0.4, 0.5) is 0 Å². The van der Waals surface area contributed by atoms with Gasteiger partial charge in [-0.2, -0.15) is 0 Å². The summed E-state index contributed by atoms with van der Waals surface area (Å²) in [5.41, 5.74) is 2.03. The summed E-state index contributed by atoms with van der Waals surface area (Å²) in [6, 6.07) is 11.3. The molecule has 2 aliphatic heterocycles. The van der Waals surface area contributed by atoms with E-state index in [1.54, 1.807) is 32.7 Å². The molecule has 8 heteroatoms. The summed E-state index contributed by atoms with van der Waals surface area (Å²) in [5.74, 6) is -0.187. The van der Waals surface area contributed by atoms with Gasteiger partial charge < -0.3 is 19.1 Å². The number of carbonyl (C=O) groups is 2. The lowest BCUT2D eigenvalue weighted by molar-refractivity contribution is -0.134. The Labute approximate surface area is 188 Å². The lowest BCUT2D eigenvalue weighted by atomic mass is 10.1. The minimum absolute atomic E-state index is 0.0826. The van der Waals surface area contributed by atoms with Gasteiger partial charge >= 0.3 is 0 Å². The van der Waals surface area contributed by atoms with E-state index in [4.69, 9.17) is 4.74 Å². The van der Waals surface area contributed by atoms with E-state index in [1.165, 1.54) is 0 Å². The molecule has 0 aliphatic carbocycles. The van der Waals surface area contributed by atoms with Crippen LogP contribution in [-0.4, -0.2) is 90.1 Å². The Kier molecular flexibility index (Phi) is 7.02. The fraction of sp³-hybridized carbons (Fsp3) is 0.458. The van der Waals surface area contributed by atoms with Crippen molar-refractivity contribution in [3.05, 3.63) is 69.6 Å². The monoisotopic (exact) mass is 438 g/mol. The van der Waals surface area contributed by atoms with E-state index in [-0.39, 0.29) is 22.9 Å². The Balaban J connectivity index is 1.37. The fourth-order valence-electron chi connectivity index (χ4n) is 4.21. The van der Waals surface area contributed by atoms with Gasteiger partial charge in [-0.1, -0.05) is 29.8 Å². The molecule has 0 N–H and O–H groups in total. The zero-order valence-corrected chi connectivity index (χ0v) is 18.5. The van der Waals surface area contributed by atoms with Crippen LogP contribution in [0.25, 0.3) is 0 Å². The van der Waals surface area contributed by atoms with E-state index in [9.17, 15) is 14.4 Å². The van der Waals surface area contributed by atoms with Crippen molar-refractivity contribution in [2.45, 2.75) is 13.5 Å². The molecule has 3 heterocycles. The summed E-state index contributed by atoms with van der Waals surface area (Å²) in [7, 11) is 0. The van der Waals surface area contributed by atoms with Crippen molar-refractivity contribution in [3.8, 4) is 0 Å². The molecule has 0 radical (unpaired) electrons. The minimum atomic E-state index is -0.287. The zero-order valence-electron chi connectivity index (χ0n) is 18.5. The van der Waals surface area contributed by atoms with Gasteiger partial charge in [-0.15, -0.1) is 0 Å². The van der Waals surface area contributed by atoms with Gasteiger partial charge in [0.15, 0.2) is 0 Å². The third-order valence-electron chi connectivity index (χ3n) is 6.07. The largest absolute Gasteiger partial charge is 0.379 e. The van der Waals surface area contributed by atoms with E-state index in [2.05, 4.69) is 4.90 Å². The van der Waals surface area contributed by atoms with E-state index in [1.807, 2.05) is 31.2 Å². The van der Waals surface area contributed by atoms with E-state index < -0.39 is 0 Å². The number of benzene rings is 1. The molecule has 0 spiro atoms. The zero-order chi connectivity index (χ0) is 22.5. The second kappa shape index (κ2) is 10.1. The van der Waals surface area contributed by atoms with E-state index in [0.717, 1.165) is 24.2 Å². The molecule has 2 aromatic rings. The average Bonchev–Trinajstić information content (AvgIpc) is 2.81. The van der Waals surface area contributed by atoms with Gasteiger partial charge in [0.2, 0.25) is 5.91 Å². The number of morpholine rings is 1. The molecular weight excluding hydrogens is 408 g/mol. The van der Waals surface area contributed by atoms with Crippen LogP contribution < -0.4 is 5.56 Å². The lowest BCUT2D eigenvalue weighted by Gasteiger charge is -2.36. The number of nitrogens with zero attached hydrogens (tertiary/aromatic N) is 4. The first-order valence-electron chi connectivity index (χ1n) is 11.1. The molecule has 0 bridgehead atoms. The van der Waals surface area contributed by atoms with Crippen molar-refractivity contribution in [1.29, 1.82) is 0 Å². The number of hydrogen-bond donors (Lipinski definition) is 0. The van der Waals surface area contributed by atoms with Crippen LogP contribution >= 0.6 is 0 Å². The first-order chi connectivity index (χ1) is 15.5. The summed E-state index contributed by atoms with van der Waals surface area (Å²) < 4.78 is 6.90. The Morgan fingerprint density at radius 3 is 2.38 bits per heavy atom. The predicted molar refractivity (Wildman–Crippen MR) is 121 cm³/mol. The molecule has 0 saturated carbocycles. The SMILES string of the molecule is Cc1cccc(Cn2cccc(C(=O)N3CCN(C(=O)CN4CCOCC4)CC3)c2=O)c1. The maximum atomic E-state index is 13.1. The van der Waals surface area contributed by atoms with E-state index in [0.29, 0.717) is 52.5 Å². The number of pyridine rings is 1. The topological polar surface area (TPSA) is 75.1 Å². The summed E-state index contributed by atoms with van der Waals surface area (Å²) >= 11 is 0. The number of aryl methyl sites for hydroxylation is 1. The highest BCUT2D eigenvalue weighted by molar-refractivity contribution is 5.94. The van der Waals surface area contributed by atoms with Crippen molar-refractivity contribution in [3.63, 3.8) is 0 Å². The van der Waals surface area contributed by atoms with Gasteiger partial charge in [0.05, 0.1) is 26.3 Å². The molecule has 0 unspecified atom stereocenters. The van der Waals surface area contributed by atoms with Gasteiger partial charge in [0, 0.05) is 45.5 Å². The molecule has 170 valence electrons. The van der Waals surface area contributed by atoms with Gasteiger partial charge in [-0.3, -0.25) is 19.3 Å². The maximum absolute atomic E-state index is 13.1. The van der Waals surface area contributed by atoms with Gasteiger partial charge in [0.1, 0.15) is 5.56 Å². The molecule has 2 saturated heterocycles. The van der Waals surface area contributed by atoms with Crippen LogP contribution in [0, 0.1) is 6.92 Å². The van der Waals surface area contributed by atoms with Crippen LogP contribution in [0.5, 0.6) is 0 Å². The number of hydrogen-bond acceptors (Lipinski definition) is 5. The van der Waals surface area contributed by atoms with Crippen molar-refractivity contribution in [2.24, 2.45) is 0 Å². The van der Waals surface area contributed by atoms with Crippen LogP contribution in [0.3, 0.4) is 0 Å². The number of ether oxygens (including phenoxy) is 1. The van der Waals surface area contributed by atoms with E-state index >= 15 is 0 Å². The van der Waals surface area contributed by atoms with Crippen molar-refractivity contribution < 1.29 is 14.3 Å². The van der Waals surface area contributed by atoms with Crippen molar-refractivity contribution >= 4 is 11.8 Å². The molecule has 2 amide bonds. The summed E-state index contributed by atoms with van der Waals surface area (Å²) in [4.78, 5) is 44.2. The van der Waals surface area contributed by atoms with Gasteiger partial charge in [-0.25, -0.2) is 0 Å². The Morgan fingerprint density at radius 1 is 0.938 bits per heavy atom. The second-order valence-corrected chi connectivity index (χ2v) is 8.41. The number of piperazine rings is 1. The molecule has 2 aliphatic rings. The van der Waals surface area contributed by atoms with Crippen molar-refractivity contribution in [1.82, 2.24) is 19.3 Å². The molecular formula is C24H30N4O4. The maximum Gasteiger partial charge on any atom is 0.263 e.